The lowest BCUT2D eigenvalue weighted by Crippen LogP contribution is -2.59. The maximum atomic E-state index is 14.3. The zero-order chi connectivity index (χ0) is 42.7. The van der Waals surface area contributed by atoms with Crippen LogP contribution < -0.4 is 5.73 Å². The summed E-state index contributed by atoms with van der Waals surface area (Å²) < 4.78 is 33.4. The van der Waals surface area contributed by atoms with Gasteiger partial charge in [-0.15, -0.1) is 5.10 Å². The summed E-state index contributed by atoms with van der Waals surface area (Å²) in [6.07, 6.45) is 1.03. The van der Waals surface area contributed by atoms with E-state index >= 15 is 0 Å². The van der Waals surface area contributed by atoms with Crippen molar-refractivity contribution in [1.82, 2.24) is 24.8 Å². The number of ketones is 1. The highest BCUT2D eigenvalue weighted by atomic mass is 16.7. The van der Waals surface area contributed by atoms with Crippen LogP contribution in [0.3, 0.4) is 0 Å². The maximum absolute atomic E-state index is 14.3. The number of nitrogen functional groups attached to an aromatic ring is 1. The van der Waals surface area contributed by atoms with Crippen molar-refractivity contribution in [2.24, 2.45) is 23.7 Å². The number of nitrogens with zero attached hydrogens (tertiary/aromatic N) is 5. The van der Waals surface area contributed by atoms with E-state index in [1.54, 1.807) is 30.5 Å². The molecule has 0 spiro atoms. The van der Waals surface area contributed by atoms with E-state index in [0.717, 1.165) is 17.7 Å². The van der Waals surface area contributed by atoms with Crippen molar-refractivity contribution in [3.05, 3.63) is 30.5 Å². The quantitative estimate of drug-likeness (QED) is 0.129. The highest BCUT2D eigenvalue weighted by Gasteiger charge is 2.59. The van der Waals surface area contributed by atoms with E-state index in [0.29, 0.717) is 50.9 Å². The van der Waals surface area contributed by atoms with Gasteiger partial charge in [0.25, 0.3) is 0 Å². The third-order valence-electron chi connectivity index (χ3n) is 12.9. The predicted octanol–water partition coefficient (Wildman–Crippen LogP) is 5.33. The molecule has 3 N–H and O–H groups in total. The van der Waals surface area contributed by atoms with Crippen LogP contribution in [0.15, 0.2) is 30.5 Å². The molecular weight excluding hydrogens is 745 g/mol. The van der Waals surface area contributed by atoms with E-state index in [-0.39, 0.29) is 29.8 Å². The predicted molar refractivity (Wildman–Crippen MR) is 218 cm³/mol. The number of hydrogen-bond acceptors (Lipinski definition) is 13. The normalized spacial score (nSPS) is 36.7. The van der Waals surface area contributed by atoms with Crippen molar-refractivity contribution in [2.45, 2.75) is 154 Å². The number of aliphatic hydroxyl groups excluding tert-OH is 1. The number of esters is 1. The van der Waals surface area contributed by atoms with Crippen molar-refractivity contribution < 1.29 is 43.2 Å². The number of fused-ring (bicyclic) bond motifs is 1. The number of methoxy groups -OCH3 is 1. The first-order valence-corrected chi connectivity index (χ1v) is 21.0. The molecule has 0 aliphatic carbocycles. The number of aryl methyl sites for hydroxylation is 1. The number of aromatic nitrogens is 3. The summed E-state index contributed by atoms with van der Waals surface area (Å²) in [6.45, 7) is 16.2. The molecule has 3 aliphatic heterocycles. The van der Waals surface area contributed by atoms with Gasteiger partial charge in [-0.1, -0.05) is 45.0 Å². The van der Waals surface area contributed by atoms with E-state index in [2.05, 4.69) is 24.2 Å². The zero-order valence-corrected chi connectivity index (χ0v) is 36.4. The molecule has 3 fully saturated rings. The van der Waals surface area contributed by atoms with Crippen LogP contribution in [0.2, 0.25) is 0 Å². The minimum atomic E-state index is -1.18. The van der Waals surface area contributed by atoms with Crippen LogP contribution in [-0.4, -0.2) is 129 Å². The van der Waals surface area contributed by atoms with Crippen molar-refractivity contribution in [3.63, 3.8) is 0 Å². The van der Waals surface area contributed by atoms with Gasteiger partial charge in [0.2, 0.25) is 0 Å². The molecule has 0 bridgehead atoms. The summed E-state index contributed by atoms with van der Waals surface area (Å²) in [4.78, 5) is 45.9. The molecule has 58 heavy (non-hydrogen) atoms. The van der Waals surface area contributed by atoms with E-state index in [1.165, 1.54) is 0 Å². The average Bonchev–Trinajstić information content (AvgIpc) is 3.75. The Kier molecular flexibility index (Phi) is 14.7. The zero-order valence-electron chi connectivity index (χ0n) is 36.4. The number of Topliss-reactive ketones (excluding diaryl/α,β-unsaturated/α-hetero) is 1. The lowest BCUT2D eigenvalue weighted by atomic mass is 9.74. The number of likely N-dealkylation sites (N-methyl/N-ethyl adjacent to an activating group) is 1. The monoisotopic (exact) mass is 813 g/mol. The maximum Gasteiger partial charge on any atom is 0.410 e. The van der Waals surface area contributed by atoms with Crippen LogP contribution in [-0.2, 0) is 39.8 Å². The Hall–Kier alpha value is -3.63. The molecule has 2 aromatic rings. The highest BCUT2D eigenvalue weighted by molar-refractivity contribution is 6.00. The fourth-order valence-electron chi connectivity index (χ4n) is 9.83. The smallest absolute Gasteiger partial charge is 0.410 e. The average molecular weight is 813 g/mol. The van der Waals surface area contributed by atoms with Gasteiger partial charge < -0.3 is 44.3 Å². The molecule has 1 amide bonds. The molecule has 5 rings (SSSR count). The summed E-state index contributed by atoms with van der Waals surface area (Å²) >= 11 is 0. The van der Waals surface area contributed by atoms with Gasteiger partial charge in [0, 0.05) is 43.4 Å². The number of carbonyl (C=O) groups excluding carboxylic acids is 3. The molecule has 1 aromatic carbocycles. The number of benzene rings is 1. The summed E-state index contributed by atoms with van der Waals surface area (Å²) in [7, 11) is 5.41. The van der Waals surface area contributed by atoms with Crippen LogP contribution in [0.25, 0.3) is 11.3 Å². The Morgan fingerprint density at radius 2 is 1.76 bits per heavy atom. The largest absolute Gasteiger partial charge is 0.458 e. The van der Waals surface area contributed by atoms with Crippen molar-refractivity contribution in [1.29, 1.82) is 0 Å². The first kappa shape index (κ1) is 45.5. The number of amides is 1. The molecule has 324 valence electrons. The van der Waals surface area contributed by atoms with E-state index in [4.69, 9.17) is 29.4 Å². The summed E-state index contributed by atoms with van der Waals surface area (Å²) in [5.74, 6) is -3.16. The summed E-state index contributed by atoms with van der Waals surface area (Å²) in [5.41, 5.74) is 6.02. The Balaban J connectivity index is 1.40. The van der Waals surface area contributed by atoms with Gasteiger partial charge in [0.05, 0.1) is 30.0 Å². The number of ether oxygens (including phenoxy) is 5. The van der Waals surface area contributed by atoms with Gasteiger partial charge in [0.15, 0.2) is 17.7 Å². The number of rotatable bonds is 11. The van der Waals surface area contributed by atoms with Crippen LogP contribution in [0.1, 0.15) is 93.9 Å². The molecule has 0 radical (unpaired) electrons. The molecule has 3 unspecified atom stereocenters. The van der Waals surface area contributed by atoms with Crippen molar-refractivity contribution in [3.8, 4) is 11.3 Å². The van der Waals surface area contributed by atoms with Crippen LogP contribution in [0, 0.1) is 23.7 Å². The molecule has 15 nitrogen and oxygen atoms in total. The number of cyclic esters (lactones) is 1. The fraction of sp³-hybridized carbons (Fsp3) is 0.744. The number of aliphatic hydroxyl groups is 1. The molecule has 13 atom stereocenters. The number of carbonyl (C=O) groups is 3. The van der Waals surface area contributed by atoms with Gasteiger partial charge in [-0.25, -0.2) is 4.79 Å². The third kappa shape index (κ3) is 9.70. The summed E-state index contributed by atoms with van der Waals surface area (Å²) in [6, 6.07) is 6.84. The first-order chi connectivity index (χ1) is 27.3. The molecule has 4 heterocycles. The van der Waals surface area contributed by atoms with Gasteiger partial charge in [-0.2, -0.15) is 0 Å². The lowest BCUT2D eigenvalue weighted by Gasteiger charge is -2.47. The minimum Gasteiger partial charge on any atom is -0.458 e. The van der Waals surface area contributed by atoms with Gasteiger partial charge >= 0.3 is 12.1 Å². The Bertz CT molecular complexity index is 1720. The van der Waals surface area contributed by atoms with Crippen molar-refractivity contribution >= 4 is 23.5 Å². The van der Waals surface area contributed by atoms with Crippen molar-refractivity contribution in [2.75, 3.05) is 33.5 Å². The van der Waals surface area contributed by atoms with E-state index in [1.807, 2.05) is 77.2 Å². The summed E-state index contributed by atoms with van der Waals surface area (Å²) in [5, 5.41) is 20.1. The standard InChI is InChI=1S/C43H68N6O9/c1-12-34-43(8)37(49(41(53)58-43)19-14-13-18-48-24-32(45-46-48)30-16-15-17-31(44)22-30)26(3)20-25(2)23-42(7,54-11)38(28(5)35(50)29(6)39(52)56-34)57-40-36(51)33(47(9)10)21-27(4)55-40/h15-17,22,24-29,33-34,36-38,40,51H,12-14,18-21,23,44H2,1-11H3/t25-,26+,27?,28+,29-,33?,34-,36?,37-,38-,40+,42-,43-/m1/s1. The molecule has 15 heteroatoms. The number of anilines is 1. The number of unbranched alkanes of at least 4 members (excludes halogenated alkanes) is 1. The molecular formula is C43H68N6O9. The SMILES string of the molecule is CC[C@H]1OC(=O)[C@H](C)C(=O)[C@H](C)[C@@H](O[C@@H]2OC(C)CC(N(C)C)C2O)[C@](C)(OC)C[C@H](C)C[C@H](C)[C@H]2N(CCCCn3cc(-c4cccc(N)c4)nn3)C(=O)O[C@]12C. The van der Waals surface area contributed by atoms with Gasteiger partial charge in [0.1, 0.15) is 23.8 Å². The second-order valence-electron chi connectivity index (χ2n) is 17.8. The Labute approximate surface area is 344 Å². The Morgan fingerprint density at radius 1 is 1.05 bits per heavy atom. The Morgan fingerprint density at radius 3 is 2.41 bits per heavy atom. The van der Waals surface area contributed by atoms with Crippen LogP contribution in [0.4, 0.5) is 10.5 Å². The molecule has 3 saturated heterocycles. The second-order valence-corrected chi connectivity index (χ2v) is 17.8. The number of nitrogens with two attached hydrogens (primary N) is 1. The topological polar surface area (TPSA) is 181 Å². The van der Waals surface area contributed by atoms with Crippen LogP contribution >= 0.6 is 0 Å². The highest BCUT2D eigenvalue weighted by Crippen LogP contribution is 2.44. The number of hydrogen-bond donors (Lipinski definition) is 2. The molecule has 1 aromatic heterocycles. The van der Waals surface area contributed by atoms with E-state index in [9.17, 15) is 19.5 Å². The minimum absolute atomic E-state index is 0.0188. The van der Waals surface area contributed by atoms with Gasteiger partial charge in [-0.3, -0.25) is 14.3 Å². The second kappa shape index (κ2) is 18.7. The van der Waals surface area contributed by atoms with E-state index < -0.39 is 65.7 Å². The molecule has 0 saturated carbocycles. The van der Waals surface area contributed by atoms with Crippen LogP contribution in [0.5, 0.6) is 0 Å². The molecule has 3 aliphatic rings. The first-order valence-electron chi connectivity index (χ1n) is 21.0. The third-order valence-corrected chi connectivity index (χ3v) is 12.9. The lowest BCUT2D eigenvalue weighted by molar-refractivity contribution is -0.295. The van der Waals surface area contributed by atoms with Gasteiger partial charge in [-0.05, 0) is 104 Å². The fourth-order valence-corrected chi connectivity index (χ4v) is 9.83.